The van der Waals surface area contributed by atoms with E-state index in [0.29, 0.717) is 5.69 Å². The fraction of sp³-hybridized carbons (Fsp3) is 0.0714. The van der Waals surface area contributed by atoms with Crippen molar-refractivity contribution in [1.82, 2.24) is 24.5 Å². The van der Waals surface area contributed by atoms with Crippen LogP contribution in [0.2, 0.25) is 0 Å². The Hall–Kier alpha value is -2.42. The Balaban J connectivity index is 1.84. The van der Waals surface area contributed by atoms with Gasteiger partial charge < -0.3 is 0 Å². The van der Waals surface area contributed by atoms with Crippen LogP contribution in [0.3, 0.4) is 0 Å². The van der Waals surface area contributed by atoms with Gasteiger partial charge in [0, 0.05) is 18.0 Å². The maximum Gasteiger partial charge on any atom is 0.232 e. The van der Waals surface area contributed by atoms with Gasteiger partial charge in [-0.25, -0.2) is 13.6 Å². The van der Waals surface area contributed by atoms with Crippen LogP contribution in [-0.2, 0) is 17.8 Å². The lowest BCUT2D eigenvalue weighted by Gasteiger charge is -2.02. The Kier molecular flexibility index (Phi) is 4.33. The smallest absolute Gasteiger partial charge is 0.232 e. The van der Waals surface area contributed by atoms with E-state index in [1.165, 1.54) is 0 Å². The highest BCUT2D eigenvalue weighted by Crippen LogP contribution is 2.18. The predicted octanol–water partition coefficient (Wildman–Crippen LogP) is 1.56. The van der Waals surface area contributed by atoms with Crippen LogP contribution in [0.25, 0.3) is 16.9 Å². The van der Waals surface area contributed by atoms with Gasteiger partial charge in [0.2, 0.25) is 11.3 Å². The van der Waals surface area contributed by atoms with Crippen LogP contribution in [-0.4, -0.2) is 28.5 Å². The third-order valence-electron chi connectivity index (χ3n) is 2.97. The van der Waals surface area contributed by atoms with Gasteiger partial charge in [0.05, 0.1) is 36.0 Å². The molecule has 0 aliphatic heterocycles. The van der Waals surface area contributed by atoms with Crippen LogP contribution in [0, 0.1) is 0 Å². The molecule has 0 spiro atoms. The summed E-state index contributed by atoms with van der Waals surface area (Å²) < 4.78 is 23.5. The molecule has 1 unspecified atom stereocenters. The summed E-state index contributed by atoms with van der Waals surface area (Å²) in [4.78, 5) is 8.51. The van der Waals surface area contributed by atoms with Gasteiger partial charge in [-0.3, -0.25) is 14.5 Å². The molecule has 0 bridgehead atoms. The molecule has 3 aromatic heterocycles. The Morgan fingerprint density at radius 2 is 2.14 bits per heavy atom. The highest BCUT2D eigenvalue weighted by atomic mass is 32.2. The molecule has 0 saturated heterocycles. The van der Waals surface area contributed by atoms with Gasteiger partial charge in [0.15, 0.2) is 0 Å². The largest absolute Gasteiger partial charge is 0.294 e. The van der Waals surface area contributed by atoms with E-state index < -0.39 is 11.3 Å². The molecule has 0 aliphatic rings. The fourth-order valence-corrected chi connectivity index (χ4v) is 2.23. The highest BCUT2D eigenvalue weighted by Gasteiger charge is 2.06. The Labute approximate surface area is 129 Å². The molecule has 7 nitrogen and oxygen atoms in total. The molecule has 8 heteroatoms. The molecule has 0 radical (unpaired) electrons. The molecule has 0 saturated carbocycles. The molecule has 0 amide bonds. The van der Waals surface area contributed by atoms with Gasteiger partial charge in [-0.15, -0.1) is 0 Å². The second-order valence-corrected chi connectivity index (χ2v) is 5.26. The monoisotopic (exact) mass is 315 g/mol. The number of aromatic nitrogens is 4. The van der Waals surface area contributed by atoms with Gasteiger partial charge in [-0.1, -0.05) is 6.07 Å². The summed E-state index contributed by atoms with van der Waals surface area (Å²) in [6, 6.07) is 9.25. The summed E-state index contributed by atoms with van der Waals surface area (Å²) in [7, 11) is 0. The van der Waals surface area contributed by atoms with Crippen molar-refractivity contribution in [3.05, 3.63) is 60.8 Å². The first-order chi connectivity index (χ1) is 10.7. The minimum Gasteiger partial charge on any atom is -0.294 e. The van der Waals surface area contributed by atoms with E-state index >= 15 is 0 Å². The number of nitrogens with zero attached hydrogens (tertiary/aromatic N) is 4. The van der Waals surface area contributed by atoms with Crippen LogP contribution in [0.1, 0.15) is 5.69 Å². The van der Waals surface area contributed by atoms with E-state index in [1.54, 1.807) is 29.3 Å². The van der Waals surface area contributed by atoms with Crippen molar-refractivity contribution in [2.24, 2.45) is 0 Å². The quantitative estimate of drug-likeness (QED) is 0.697. The maximum atomic E-state index is 10.6. The van der Waals surface area contributed by atoms with E-state index in [4.69, 9.17) is 4.55 Å². The first-order valence-corrected chi connectivity index (χ1v) is 7.59. The second-order valence-electron chi connectivity index (χ2n) is 4.47. The van der Waals surface area contributed by atoms with E-state index in [0.717, 1.165) is 16.9 Å². The van der Waals surface area contributed by atoms with Gasteiger partial charge in [-0.2, -0.15) is 5.10 Å². The zero-order valence-electron chi connectivity index (χ0n) is 11.5. The average Bonchev–Trinajstić information content (AvgIpc) is 3.04. The van der Waals surface area contributed by atoms with Crippen LogP contribution in [0.5, 0.6) is 0 Å². The maximum absolute atomic E-state index is 10.6. The third-order valence-corrected chi connectivity index (χ3v) is 3.36. The molecule has 22 heavy (non-hydrogen) atoms. The Bertz CT molecular complexity index is 791. The second kappa shape index (κ2) is 6.56. The topological polar surface area (TPSA) is 92.9 Å². The lowest BCUT2D eigenvalue weighted by atomic mass is 10.2. The number of nitrogens with one attached hydrogen (secondary N) is 1. The van der Waals surface area contributed by atoms with Crippen molar-refractivity contribution in [3.63, 3.8) is 0 Å². The molecule has 0 aliphatic carbocycles. The summed E-state index contributed by atoms with van der Waals surface area (Å²) in [5, 5.41) is 4.30. The summed E-state index contributed by atoms with van der Waals surface area (Å²) in [6.45, 7) is 0.216. The van der Waals surface area contributed by atoms with Crippen molar-refractivity contribution in [3.8, 4) is 16.9 Å². The van der Waals surface area contributed by atoms with Gasteiger partial charge in [0.1, 0.15) is 0 Å². The molecule has 3 aromatic rings. The van der Waals surface area contributed by atoms with Gasteiger partial charge in [0.25, 0.3) is 0 Å². The van der Waals surface area contributed by atoms with Crippen molar-refractivity contribution in [2.45, 2.75) is 6.54 Å². The minimum absolute atomic E-state index is 0.216. The molecular formula is C14H13N5O2S. The zero-order valence-corrected chi connectivity index (χ0v) is 12.3. The number of hydrogen-bond acceptors (Lipinski definition) is 4. The van der Waals surface area contributed by atoms with Gasteiger partial charge in [-0.05, 0) is 24.3 Å². The molecule has 3 heterocycles. The Morgan fingerprint density at radius 3 is 2.91 bits per heavy atom. The van der Waals surface area contributed by atoms with Crippen molar-refractivity contribution in [1.29, 1.82) is 0 Å². The first kappa shape index (κ1) is 14.5. The van der Waals surface area contributed by atoms with Crippen LogP contribution >= 0.6 is 0 Å². The van der Waals surface area contributed by atoms with E-state index in [-0.39, 0.29) is 6.54 Å². The zero-order chi connectivity index (χ0) is 15.4. The van der Waals surface area contributed by atoms with Crippen LogP contribution < -0.4 is 4.72 Å². The molecule has 2 N–H and O–H groups in total. The normalized spacial score (nSPS) is 12.2. The number of pyridine rings is 2. The van der Waals surface area contributed by atoms with E-state index in [9.17, 15) is 4.21 Å². The van der Waals surface area contributed by atoms with E-state index in [1.807, 2.05) is 30.5 Å². The minimum atomic E-state index is -2.05. The third kappa shape index (κ3) is 3.42. The standard InChI is InChI=1S/C14H13N5O2S/c20-22(21)17-8-12-3-1-5-14(18-12)11-7-16-19(10-11)13-4-2-6-15-9-13/h1-7,9-10,17H,8H2,(H,20,21). The SMILES string of the molecule is O=S(O)NCc1cccc(-c2cnn(-c3cccnc3)c2)n1. The number of rotatable bonds is 5. The number of hydrogen-bond donors (Lipinski definition) is 2. The predicted molar refractivity (Wildman–Crippen MR) is 82.2 cm³/mol. The lowest BCUT2D eigenvalue weighted by molar-refractivity contribution is 0.548. The highest BCUT2D eigenvalue weighted by molar-refractivity contribution is 7.77. The molecule has 0 aromatic carbocycles. The van der Waals surface area contributed by atoms with Crippen molar-refractivity contribution < 1.29 is 8.76 Å². The summed E-state index contributed by atoms with van der Waals surface area (Å²) in [6.07, 6.45) is 7.01. The summed E-state index contributed by atoms with van der Waals surface area (Å²) in [5.41, 5.74) is 3.14. The first-order valence-electron chi connectivity index (χ1n) is 6.48. The lowest BCUT2D eigenvalue weighted by Crippen LogP contribution is -2.16. The van der Waals surface area contributed by atoms with Crippen LogP contribution in [0.15, 0.2) is 55.1 Å². The van der Waals surface area contributed by atoms with Crippen molar-refractivity contribution >= 4 is 11.3 Å². The van der Waals surface area contributed by atoms with Crippen molar-refractivity contribution in [2.75, 3.05) is 0 Å². The van der Waals surface area contributed by atoms with Crippen LogP contribution in [0.4, 0.5) is 0 Å². The molecule has 1 atom stereocenters. The Morgan fingerprint density at radius 1 is 1.23 bits per heavy atom. The average molecular weight is 315 g/mol. The van der Waals surface area contributed by atoms with Gasteiger partial charge >= 0.3 is 0 Å². The van der Waals surface area contributed by atoms with E-state index in [2.05, 4.69) is 19.8 Å². The summed E-state index contributed by atoms with van der Waals surface area (Å²) in [5.74, 6) is 0. The summed E-state index contributed by atoms with van der Waals surface area (Å²) >= 11 is -2.05. The molecular weight excluding hydrogens is 302 g/mol. The molecule has 3 rings (SSSR count). The fourth-order valence-electron chi connectivity index (χ4n) is 1.96. The molecule has 112 valence electrons. The molecule has 0 fully saturated rings.